The minimum Gasteiger partial charge on any atom is -0.366 e. The highest BCUT2D eigenvalue weighted by Gasteiger charge is 2.11. The van der Waals surface area contributed by atoms with E-state index in [-0.39, 0.29) is 0 Å². The van der Waals surface area contributed by atoms with Gasteiger partial charge in [0.15, 0.2) is 0 Å². The molecule has 1 rings (SSSR count). The Kier molecular flexibility index (Phi) is 2.64. The first-order valence-electron chi connectivity index (χ1n) is 3.83. The number of carbonyl (C=O) groups excluding carboxylic acids is 1. The third-order valence-electron chi connectivity index (χ3n) is 1.72. The maximum Gasteiger partial charge on any atom is 0.249 e. The Morgan fingerprint density at radius 1 is 1.77 bits per heavy atom. The lowest BCUT2D eigenvalue weighted by Crippen LogP contribution is -2.12. The summed E-state index contributed by atoms with van der Waals surface area (Å²) in [5.74, 6) is -0.466. The van der Waals surface area contributed by atoms with E-state index in [1.165, 1.54) is 0 Å². The molecule has 1 aromatic rings. The first kappa shape index (κ1) is 9.25. The van der Waals surface area contributed by atoms with Crippen molar-refractivity contribution in [1.82, 2.24) is 10.2 Å². The molecular weight excluding hydrogens is 166 g/mol. The van der Waals surface area contributed by atoms with E-state index < -0.39 is 5.91 Å². The van der Waals surface area contributed by atoms with Gasteiger partial charge in [0, 0.05) is 11.1 Å². The number of amides is 1. The number of aromatic amines is 1. The number of carbonyl (C=O) groups is 1. The van der Waals surface area contributed by atoms with Gasteiger partial charge in [0.1, 0.15) is 0 Å². The number of hydrogen-bond donors (Lipinski definition) is 2. The average Bonchev–Trinajstić information content (AvgIpc) is 2.53. The molecule has 0 fully saturated rings. The van der Waals surface area contributed by atoms with E-state index in [2.05, 4.69) is 16.8 Å². The van der Waals surface area contributed by atoms with Crippen LogP contribution in [0.25, 0.3) is 11.6 Å². The number of aromatic nitrogens is 2. The SMILES string of the molecule is C=Cc1[nH]ncc1/C(=C\C)C(N)=O. The summed E-state index contributed by atoms with van der Waals surface area (Å²) in [4.78, 5) is 11.0. The van der Waals surface area contributed by atoms with Crippen molar-refractivity contribution < 1.29 is 4.79 Å². The molecule has 0 bridgehead atoms. The lowest BCUT2D eigenvalue weighted by Gasteiger charge is -1.99. The molecule has 0 atom stereocenters. The van der Waals surface area contributed by atoms with Gasteiger partial charge in [-0.3, -0.25) is 9.89 Å². The molecule has 0 aromatic carbocycles. The number of nitrogens with two attached hydrogens (primary N) is 1. The molecule has 4 nitrogen and oxygen atoms in total. The number of primary amides is 1. The van der Waals surface area contributed by atoms with Crippen molar-refractivity contribution in [2.75, 3.05) is 0 Å². The fourth-order valence-corrected chi connectivity index (χ4v) is 1.10. The fourth-order valence-electron chi connectivity index (χ4n) is 1.10. The monoisotopic (exact) mass is 177 g/mol. The van der Waals surface area contributed by atoms with Gasteiger partial charge in [0.25, 0.3) is 0 Å². The number of nitrogens with zero attached hydrogens (tertiary/aromatic N) is 1. The van der Waals surface area contributed by atoms with E-state index in [4.69, 9.17) is 5.73 Å². The van der Waals surface area contributed by atoms with Crippen LogP contribution in [0.3, 0.4) is 0 Å². The molecule has 0 spiro atoms. The van der Waals surface area contributed by atoms with Gasteiger partial charge in [-0.15, -0.1) is 0 Å². The highest BCUT2D eigenvalue weighted by atomic mass is 16.1. The summed E-state index contributed by atoms with van der Waals surface area (Å²) in [6.07, 6.45) is 4.80. The van der Waals surface area contributed by atoms with Gasteiger partial charge in [-0.25, -0.2) is 0 Å². The maximum absolute atomic E-state index is 11.0. The standard InChI is InChI=1S/C9H11N3O/c1-3-6(9(10)13)7-5-11-12-8(7)4-2/h3-5H,2H2,1H3,(H2,10,13)(H,11,12)/b6-3+. The lowest BCUT2D eigenvalue weighted by molar-refractivity contribution is -0.112. The fraction of sp³-hybridized carbons (Fsp3) is 0.111. The minimum atomic E-state index is -0.466. The number of allylic oxidation sites excluding steroid dienone is 1. The highest BCUT2D eigenvalue weighted by molar-refractivity contribution is 6.19. The molecule has 4 heteroatoms. The predicted molar refractivity (Wildman–Crippen MR) is 51.5 cm³/mol. The summed E-state index contributed by atoms with van der Waals surface area (Å²) in [6.45, 7) is 5.34. The highest BCUT2D eigenvalue weighted by Crippen LogP contribution is 2.17. The van der Waals surface area contributed by atoms with Crippen LogP contribution < -0.4 is 5.73 Å². The maximum atomic E-state index is 11.0. The summed E-state index contributed by atoms with van der Waals surface area (Å²) in [6, 6.07) is 0. The van der Waals surface area contributed by atoms with Gasteiger partial charge in [-0.05, 0) is 13.0 Å². The van der Waals surface area contributed by atoms with E-state index in [1.54, 1.807) is 25.3 Å². The second-order valence-corrected chi connectivity index (χ2v) is 2.47. The largest absolute Gasteiger partial charge is 0.366 e. The van der Waals surface area contributed by atoms with Gasteiger partial charge in [-0.1, -0.05) is 12.7 Å². The molecule has 0 saturated carbocycles. The summed E-state index contributed by atoms with van der Waals surface area (Å²) < 4.78 is 0. The molecule has 0 radical (unpaired) electrons. The molecule has 0 aliphatic heterocycles. The Morgan fingerprint density at radius 2 is 2.46 bits per heavy atom. The molecule has 68 valence electrons. The zero-order valence-corrected chi connectivity index (χ0v) is 7.37. The minimum absolute atomic E-state index is 0.448. The van der Waals surface area contributed by atoms with Crippen molar-refractivity contribution in [2.24, 2.45) is 5.73 Å². The number of hydrogen-bond acceptors (Lipinski definition) is 2. The second kappa shape index (κ2) is 3.71. The van der Waals surface area contributed by atoms with Crippen LogP contribution in [0.15, 0.2) is 18.9 Å². The Bertz CT molecular complexity index is 363. The summed E-state index contributed by atoms with van der Waals surface area (Å²) in [5.41, 5.74) is 7.01. The van der Waals surface area contributed by atoms with E-state index in [1.807, 2.05) is 0 Å². The lowest BCUT2D eigenvalue weighted by atomic mass is 10.1. The van der Waals surface area contributed by atoms with Gasteiger partial charge in [0.05, 0.1) is 11.9 Å². The summed E-state index contributed by atoms with van der Waals surface area (Å²) in [7, 11) is 0. The molecule has 13 heavy (non-hydrogen) atoms. The van der Waals surface area contributed by atoms with Crippen LogP contribution in [0.5, 0.6) is 0 Å². The van der Waals surface area contributed by atoms with Crippen molar-refractivity contribution in [3.05, 3.63) is 30.1 Å². The van der Waals surface area contributed by atoms with Crippen LogP contribution in [0, 0.1) is 0 Å². The third kappa shape index (κ3) is 1.66. The molecule has 3 N–H and O–H groups in total. The third-order valence-corrected chi connectivity index (χ3v) is 1.72. The van der Waals surface area contributed by atoms with Crippen LogP contribution in [0.4, 0.5) is 0 Å². The number of nitrogens with one attached hydrogen (secondary N) is 1. The predicted octanol–water partition coefficient (Wildman–Crippen LogP) is 0.941. The molecule has 0 aliphatic rings. The van der Waals surface area contributed by atoms with Crippen LogP contribution in [-0.2, 0) is 4.79 Å². The normalized spacial score (nSPS) is 11.3. The van der Waals surface area contributed by atoms with E-state index >= 15 is 0 Å². The molecule has 0 unspecified atom stereocenters. The quantitative estimate of drug-likeness (QED) is 0.674. The summed E-state index contributed by atoms with van der Waals surface area (Å²) >= 11 is 0. The Balaban J connectivity index is 3.20. The molecule has 0 saturated heterocycles. The van der Waals surface area contributed by atoms with Crippen LogP contribution in [-0.4, -0.2) is 16.1 Å². The van der Waals surface area contributed by atoms with Crippen molar-refractivity contribution in [3.8, 4) is 0 Å². The number of H-pyrrole nitrogens is 1. The number of rotatable bonds is 3. The first-order valence-corrected chi connectivity index (χ1v) is 3.83. The van der Waals surface area contributed by atoms with E-state index in [9.17, 15) is 4.79 Å². The zero-order chi connectivity index (χ0) is 9.84. The zero-order valence-electron chi connectivity index (χ0n) is 7.37. The molecule has 0 aliphatic carbocycles. The van der Waals surface area contributed by atoms with Crippen molar-refractivity contribution in [1.29, 1.82) is 0 Å². The molecule has 1 heterocycles. The van der Waals surface area contributed by atoms with Crippen molar-refractivity contribution in [3.63, 3.8) is 0 Å². The van der Waals surface area contributed by atoms with Crippen molar-refractivity contribution in [2.45, 2.75) is 6.92 Å². The Hall–Kier alpha value is -1.84. The van der Waals surface area contributed by atoms with Crippen molar-refractivity contribution >= 4 is 17.6 Å². The van der Waals surface area contributed by atoms with E-state index in [0.29, 0.717) is 16.8 Å². The van der Waals surface area contributed by atoms with Crippen LogP contribution in [0.2, 0.25) is 0 Å². The van der Waals surface area contributed by atoms with Gasteiger partial charge < -0.3 is 5.73 Å². The Morgan fingerprint density at radius 3 is 2.92 bits per heavy atom. The summed E-state index contributed by atoms with van der Waals surface area (Å²) in [5, 5.41) is 6.51. The smallest absolute Gasteiger partial charge is 0.249 e. The van der Waals surface area contributed by atoms with Gasteiger partial charge in [-0.2, -0.15) is 5.10 Å². The molecular formula is C9H11N3O. The van der Waals surface area contributed by atoms with E-state index in [0.717, 1.165) is 0 Å². The second-order valence-electron chi connectivity index (χ2n) is 2.47. The molecule has 1 amide bonds. The molecule has 1 aromatic heterocycles. The first-order chi connectivity index (χ1) is 6.20. The van der Waals surface area contributed by atoms with Gasteiger partial charge >= 0.3 is 0 Å². The average molecular weight is 177 g/mol. The Labute approximate surface area is 76.1 Å². The van der Waals surface area contributed by atoms with Crippen LogP contribution in [0.1, 0.15) is 18.2 Å². The topological polar surface area (TPSA) is 71.8 Å². The van der Waals surface area contributed by atoms with Crippen LogP contribution >= 0.6 is 0 Å². The van der Waals surface area contributed by atoms with Gasteiger partial charge in [0.2, 0.25) is 5.91 Å².